The lowest BCUT2D eigenvalue weighted by Gasteiger charge is -2.15. The highest BCUT2D eigenvalue weighted by molar-refractivity contribution is 6.10. The molecule has 0 heterocycles. The first-order valence-corrected chi connectivity index (χ1v) is 7.20. The number of unbranched alkanes of at least 4 members (excludes halogenated alkanes) is 1. The van der Waals surface area contributed by atoms with Gasteiger partial charge < -0.3 is 25.2 Å². The number of rotatable bonds is 9. The molecule has 0 spiro atoms. The summed E-state index contributed by atoms with van der Waals surface area (Å²) in [5.41, 5.74) is -3.47. The molecule has 0 bridgehead atoms. The standard InChI is InChI=1S/C16H16O9/c1-7(17)4-2-3-5-8-11(15(22)23)9(13(18)19)6-10(14(20)21)12(8)16(24)25/h6H,2-5H2,1H3,(H,18,19)(H,20,21)(H,22,23)(H,24,25). The maximum Gasteiger partial charge on any atom is 0.336 e. The molecule has 0 aliphatic heterocycles. The molecule has 4 N–H and O–H groups in total. The van der Waals surface area contributed by atoms with Crippen molar-refractivity contribution in [2.24, 2.45) is 0 Å². The molecule has 0 radical (unpaired) electrons. The minimum absolute atomic E-state index is 0.109. The van der Waals surface area contributed by atoms with Crippen LogP contribution in [0.5, 0.6) is 0 Å². The molecular weight excluding hydrogens is 336 g/mol. The predicted octanol–water partition coefficient (Wildman–Crippen LogP) is 1.78. The van der Waals surface area contributed by atoms with Gasteiger partial charge in [0, 0.05) is 6.42 Å². The number of hydrogen-bond donors (Lipinski definition) is 4. The van der Waals surface area contributed by atoms with E-state index in [0.29, 0.717) is 12.5 Å². The van der Waals surface area contributed by atoms with Crippen LogP contribution in [0.2, 0.25) is 0 Å². The smallest absolute Gasteiger partial charge is 0.336 e. The number of carboxylic acid groups (broad SMARTS) is 4. The molecule has 0 saturated heterocycles. The molecule has 0 amide bonds. The number of aromatic carboxylic acids is 4. The van der Waals surface area contributed by atoms with Crippen LogP contribution < -0.4 is 0 Å². The van der Waals surface area contributed by atoms with Crippen LogP contribution >= 0.6 is 0 Å². The molecule has 1 aromatic carbocycles. The van der Waals surface area contributed by atoms with E-state index in [9.17, 15) is 44.4 Å². The van der Waals surface area contributed by atoms with Gasteiger partial charge in [0.1, 0.15) is 5.78 Å². The van der Waals surface area contributed by atoms with Gasteiger partial charge in [0.05, 0.1) is 22.3 Å². The van der Waals surface area contributed by atoms with E-state index < -0.39 is 46.1 Å². The number of Topliss-reactive ketones (excluding diaryl/α,β-unsaturated/α-hetero) is 1. The molecule has 0 fully saturated rings. The van der Waals surface area contributed by atoms with Gasteiger partial charge in [-0.2, -0.15) is 0 Å². The maximum atomic E-state index is 11.5. The van der Waals surface area contributed by atoms with Crippen molar-refractivity contribution in [1.82, 2.24) is 0 Å². The van der Waals surface area contributed by atoms with Gasteiger partial charge in [-0.3, -0.25) is 0 Å². The summed E-state index contributed by atoms with van der Waals surface area (Å²) in [6, 6.07) is 0.538. The molecule has 0 atom stereocenters. The summed E-state index contributed by atoms with van der Waals surface area (Å²) < 4.78 is 0. The third-order valence-corrected chi connectivity index (χ3v) is 3.53. The van der Waals surface area contributed by atoms with Crippen molar-refractivity contribution in [2.45, 2.75) is 32.6 Å². The lowest BCUT2D eigenvalue weighted by atomic mass is 9.88. The van der Waals surface area contributed by atoms with Crippen LogP contribution in [0.3, 0.4) is 0 Å². The Morgan fingerprint density at radius 1 is 0.760 bits per heavy atom. The van der Waals surface area contributed by atoms with Gasteiger partial charge in [0.2, 0.25) is 0 Å². The average Bonchev–Trinajstić information content (AvgIpc) is 2.48. The van der Waals surface area contributed by atoms with Crippen LogP contribution in [0.4, 0.5) is 0 Å². The Balaban J connectivity index is 3.61. The number of carbonyl (C=O) groups is 5. The predicted molar refractivity (Wildman–Crippen MR) is 82.5 cm³/mol. The monoisotopic (exact) mass is 352 g/mol. The molecule has 0 aromatic heterocycles. The van der Waals surface area contributed by atoms with E-state index in [-0.39, 0.29) is 30.6 Å². The van der Waals surface area contributed by atoms with Crippen molar-refractivity contribution in [3.8, 4) is 0 Å². The first kappa shape index (κ1) is 19.8. The molecule has 9 heteroatoms. The minimum atomic E-state index is -1.68. The zero-order chi connectivity index (χ0) is 19.3. The van der Waals surface area contributed by atoms with Crippen molar-refractivity contribution in [1.29, 1.82) is 0 Å². The fourth-order valence-corrected chi connectivity index (χ4v) is 2.49. The second kappa shape index (κ2) is 8.04. The van der Waals surface area contributed by atoms with E-state index in [4.69, 9.17) is 0 Å². The molecule has 0 saturated carbocycles. The summed E-state index contributed by atoms with van der Waals surface area (Å²) in [5.74, 6) is -6.80. The summed E-state index contributed by atoms with van der Waals surface area (Å²) in [6.45, 7) is 1.36. The molecule has 0 aliphatic carbocycles. The first-order chi connectivity index (χ1) is 11.6. The van der Waals surface area contributed by atoms with E-state index >= 15 is 0 Å². The highest BCUT2D eigenvalue weighted by atomic mass is 16.4. The number of carboxylic acids is 4. The maximum absolute atomic E-state index is 11.5. The SMILES string of the molecule is CC(=O)CCCCc1c(C(=O)O)c(C(=O)O)cc(C(=O)O)c1C(=O)O. The van der Waals surface area contributed by atoms with Gasteiger partial charge in [-0.15, -0.1) is 0 Å². The quantitative estimate of drug-likeness (QED) is 0.484. The Bertz CT molecular complexity index is 711. The highest BCUT2D eigenvalue weighted by Gasteiger charge is 2.30. The minimum Gasteiger partial charge on any atom is -0.478 e. The van der Waals surface area contributed by atoms with Crippen LogP contribution in [0.1, 0.15) is 73.2 Å². The molecule has 25 heavy (non-hydrogen) atoms. The van der Waals surface area contributed by atoms with Gasteiger partial charge in [0.15, 0.2) is 0 Å². The van der Waals surface area contributed by atoms with Crippen LogP contribution in [-0.4, -0.2) is 50.1 Å². The Morgan fingerprint density at radius 3 is 1.52 bits per heavy atom. The summed E-state index contributed by atoms with van der Waals surface area (Å²) >= 11 is 0. The molecule has 9 nitrogen and oxygen atoms in total. The number of hydrogen-bond acceptors (Lipinski definition) is 5. The molecule has 1 rings (SSSR count). The zero-order valence-electron chi connectivity index (χ0n) is 13.2. The zero-order valence-corrected chi connectivity index (χ0v) is 13.2. The number of carbonyl (C=O) groups excluding carboxylic acids is 1. The van der Waals surface area contributed by atoms with E-state index in [1.54, 1.807) is 0 Å². The second-order valence-electron chi connectivity index (χ2n) is 5.33. The van der Waals surface area contributed by atoms with Gasteiger partial charge in [0.25, 0.3) is 0 Å². The number of benzene rings is 1. The van der Waals surface area contributed by atoms with Crippen LogP contribution in [0.25, 0.3) is 0 Å². The van der Waals surface area contributed by atoms with Crippen LogP contribution in [0.15, 0.2) is 6.07 Å². The molecule has 1 aromatic rings. The fourth-order valence-electron chi connectivity index (χ4n) is 2.49. The first-order valence-electron chi connectivity index (χ1n) is 7.20. The lowest BCUT2D eigenvalue weighted by Crippen LogP contribution is -2.20. The Morgan fingerprint density at radius 2 is 1.20 bits per heavy atom. The van der Waals surface area contributed by atoms with Gasteiger partial charge in [-0.1, -0.05) is 0 Å². The van der Waals surface area contributed by atoms with Gasteiger partial charge >= 0.3 is 23.9 Å². The fraction of sp³-hybridized carbons (Fsp3) is 0.312. The van der Waals surface area contributed by atoms with Crippen molar-refractivity contribution >= 4 is 29.7 Å². The van der Waals surface area contributed by atoms with Crippen LogP contribution in [0, 0.1) is 0 Å². The summed E-state index contributed by atoms with van der Waals surface area (Å²) in [4.78, 5) is 56.5. The van der Waals surface area contributed by atoms with E-state index in [1.807, 2.05) is 0 Å². The second-order valence-corrected chi connectivity index (χ2v) is 5.33. The van der Waals surface area contributed by atoms with Gasteiger partial charge in [-0.05, 0) is 37.8 Å². The van der Waals surface area contributed by atoms with Crippen molar-refractivity contribution in [3.05, 3.63) is 33.9 Å². The normalized spacial score (nSPS) is 10.3. The average molecular weight is 352 g/mol. The van der Waals surface area contributed by atoms with Crippen LogP contribution in [-0.2, 0) is 11.2 Å². The summed E-state index contributed by atoms with van der Waals surface area (Å²) in [7, 11) is 0. The molecule has 0 aliphatic rings. The van der Waals surface area contributed by atoms with E-state index in [0.717, 1.165) is 0 Å². The summed E-state index contributed by atoms with van der Waals surface area (Å²) in [6.07, 6.45) is 0.530. The van der Waals surface area contributed by atoms with E-state index in [1.165, 1.54) is 6.92 Å². The summed E-state index contributed by atoms with van der Waals surface area (Å²) in [5, 5.41) is 37.0. The van der Waals surface area contributed by atoms with Crippen molar-refractivity contribution in [2.75, 3.05) is 0 Å². The largest absolute Gasteiger partial charge is 0.478 e. The third kappa shape index (κ3) is 4.63. The lowest BCUT2D eigenvalue weighted by molar-refractivity contribution is -0.117. The topological polar surface area (TPSA) is 166 Å². The third-order valence-electron chi connectivity index (χ3n) is 3.53. The molecule has 134 valence electrons. The Labute approximate surface area is 141 Å². The van der Waals surface area contributed by atoms with Crippen molar-refractivity contribution < 1.29 is 44.4 Å². The van der Waals surface area contributed by atoms with Gasteiger partial charge in [-0.25, -0.2) is 19.2 Å². The Hall–Kier alpha value is -3.23. The number of ketones is 1. The highest BCUT2D eigenvalue weighted by Crippen LogP contribution is 2.27. The van der Waals surface area contributed by atoms with E-state index in [2.05, 4.69) is 0 Å². The molecule has 0 unspecified atom stereocenters. The molecular formula is C16H16O9. The Kier molecular flexibility index (Phi) is 6.38. The van der Waals surface area contributed by atoms with Crippen molar-refractivity contribution in [3.63, 3.8) is 0 Å².